The smallest absolute Gasteiger partial charge is 0.220 e. The van der Waals surface area contributed by atoms with E-state index in [1.165, 1.54) is 19.3 Å². The molecule has 2 N–H and O–H groups in total. The summed E-state index contributed by atoms with van der Waals surface area (Å²) in [5, 5.41) is 6.34. The monoisotopic (exact) mass is 276 g/mol. The van der Waals surface area contributed by atoms with Gasteiger partial charge in [0.2, 0.25) is 5.91 Å². The Morgan fingerprint density at radius 3 is 2.89 bits per heavy atom. The fourth-order valence-corrected chi connectivity index (χ4v) is 2.56. The summed E-state index contributed by atoms with van der Waals surface area (Å²) in [5.41, 5.74) is 0. The van der Waals surface area contributed by atoms with Gasteiger partial charge < -0.3 is 15.4 Å². The largest absolute Gasteiger partial charge is 0.378 e. The van der Waals surface area contributed by atoms with Crippen molar-refractivity contribution in [2.75, 3.05) is 26.2 Å². The summed E-state index contributed by atoms with van der Waals surface area (Å²) in [6.07, 6.45) is 6.56. The lowest BCUT2D eigenvalue weighted by molar-refractivity contribution is -0.122. The quantitative estimate of drug-likeness (QED) is 0.800. The maximum absolute atomic E-state index is 11.7. The van der Waals surface area contributed by atoms with E-state index >= 15 is 0 Å². The molecule has 0 spiro atoms. The van der Waals surface area contributed by atoms with Crippen molar-refractivity contribution in [1.82, 2.24) is 10.6 Å². The molecule has 0 bridgehead atoms. The maximum atomic E-state index is 11.7. The van der Waals surface area contributed by atoms with E-state index in [1.807, 2.05) is 0 Å². The SMILES string of the molecule is Cl.O=C(CCC1CCCCO1)NCC1CCNC1. The normalized spacial score (nSPS) is 27.6. The molecule has 0 aliphatic carbocycles. The summed E-state index contributed by atoms with van der Waals surface area (Å²) in [6, 6.07) is 0. The minimum atomic E-state index is 0. The minimum Gasteiger partial charge on any atom is -0.378 e. The van der Waals surface area contributed by atoms with Gasteiger partial charge in [0.15, 0.2) is 0 Å². The number of hydrogen-bond acceptors (Lipinski definition) is 3. The zero-order valence-corrected chi connectivity index (χ0v) is 11.8. The van der Waals surface area contributed by atoms with E-state index in [0.717, 1.165) is 39.1 Å². The van der Waals surface area contributed by atoms with Crippen molar-refractivity contribution in [1.29, 1.82) is 0 Å². The molecule has 0 aromatic rings. The first-order chi connectivity index (χ1) is 8.34. The molecule has 18 heavy (non-hydrogen) atoms. The van der Waals surface area contributed by atoms with Gasteiger partial charge in [-0.2, -0.15) is 0 Å². The van der Waals surface area contributed by atoms with Gasteiger partial charge in [-0.05, 0) is 51.1 Å². The van der Waals surface area contributed by atoms with Crippen molar-refractivity contribution < 1.29 is 9.53 Å². The zero-order chi connectivity index (χ0) is 11.9. The summed E-state index contributed by atoms with van der Waals surface area (Å²) < 4.78 is 5.62. The number of carbonyl (C=O) groups excluding carboxylic acids is 1. The van der Waals surface area contributed by atoms with Crippen LogP contribution < -0.4 is 10.6 Å². The third-order valence-corrected chi connectivity index (χ3v) is 3.72. The highest BCUT2D eigenvalue weighted by atomic mass is 35.5. The maximum Gasteiger partial charge on any atom is 0.220 e. The number of amides is 1. The van der Waals surface area contributed by atoms with E-state index in [9.17, 15) is 4.79 Å². The molecular formula is C13H25ClN2O2. The lowest BCUT2D eigenvalue weighted by Crippen LogP contribution is -2.31. The van der Waals surface area contributed by atoms with Gasteiger partial charge in [-0.25, -0.2) is 0 Å². The third kappa shape index (κ3) is 5.55. The summed E-state index contributed by atoms with van der Waals surface area (Å²) in [5.74, 6) is 0.816. The van der Waals surface area contributed by atoms with Crippen LogP contribution in [0.1, 0.15) is 38.5 Å². The standard InChI is InChI=1S/C13H24N2O2.ClH/c16-13(15-10-11-6-7-14-9-11)5-4-12-3-1-2-8-17-12;/h11-12,14H,1-10H2,(H,15,16);1H. The molecule has 2 aliphatic heterocycles. The lowest BCUT2D eigenvalue weighted by atomic mass is 10.0. The Morgan fingerprint density at radius 2 is 2.22 bits per heavy atom. The van der Waals surface area contributed by atoms with Crippen molar-refractivity contribution in [3.05, 3.63) is 0 Å². The summed E-state index contributed by atoms with van der Waals surface area (Å²) >= 11 is 0. The van der Waals surface area contributed by atoms with E-state index in [2.05, 4.69) is 10.6 Å². The summed E-state index contributed by atoms with van der Waals surface area (Å²) in [7, 11) is 0. The molecule has 0 saturated carbocycles. The Labute approximate surface area is 116 Å². The predicted octanol–water partition coefficient (Wildman–Crippen LogP) is 1.48. The van der Waals surface area contributed by atoms with Crippen LogP contribution in [-0.2, 0) is 9.53 Å². The first kappa shape index (κ1) is 15.7. The molecule has 2 unspecified atom stereocenters. The fourth-order valence-electron chi connectivity index (χ4n) is 2.56. The van der Waals surface area contributed by atoms with Gasteiger partial charge in [0, 0.05) is 19.6 Å². The summed E-state index contributed by atoms with van der Waals surface area (Å²) in [6.45, 7) is 3.85. The number of nitrogens with one attached hydrogen (secondary N) is 2. The van der Waals surface area contributed by atoms with Gasteiger partial charge in [-0.1, -0.05) is 0 Å². The average molecular weight is 277 g/mol. The molecular weight excluding hydrogens is 252 g/mol. The van der Waals surface area contributed by atoms with Crippen molar-refractivity contribution in [3.8, 4) is 0 Å². The first-order valence-electron chi connectivity index (χ1n) is 6.93. The molecule has 2 heterocycles. The van der Waals surface area contributed by atoms with Gasteiger partial charge in [-0.15, -0.1) is 12.4 Å². The van der Waals surface area contributed by atoms with E-state index in [1.54, 1.807) is 0 Å². The number of ether oxygens (including phenoxy) is 1. The zero-order valence-electron chi connectivity index (χ0n) is 11.0. The first-order valence-corrected chi connectivity index (χ1v) is 6.93. The van der Waals surface area contributed by atoms with Crippen molar-refractivity contribution in [2.24, 2.45) is 5.92 Å². The van der Waals surface area contributed by atoms with Gasteiger partial charge in [0.1, 0.15) is 0 Å². The van der Waals surface area contributed by atoms with Crippen LogP contribution >= 0.6 is 12.4 Å². The topological polar surface area (TPSA) is 50.4 Å². The van der Waals surface area contributed by atoms with Gasteiger partial charge in [-0.3, -0.25) is 4.79 Å². The molecule has 2 saturated heterocycles. The Kier molecular flexibility index (Phi) is 7.63. The Morgan fingerprint density at radius 1 is 1.33 bits per heavy atom. The van der Waals surface area contributed by atoms with Crippen LogP contribution in [0, 0.1) is 5.92 Å². The second-order valence-corrected chi connectivity index (χ2v) is 5.19. The molecule has 2 fully saturated rings. The molecule has 2 aliphatic rings. The molecule has 5 heteroatoms. The van der Waals surface area contributed by atoms with Gasteiger partial charge in [0.25, 0.3) is 0 Å². The molecule has 0 aromatic heterocycles. The molecule has 2 atom stereocenters. The molecule has 2 rings (SSSR count). The van der Waals surface area contributed by atoms with Crippen LogP contribution in [0.15, 0.2) is 0 Å². The molecule has 0 radical (unpaired) electrons. The number of hydrogen-bond donors (Lipinski definition) is 2. The van der Waals surface area contributed by atoms with E-state index in [4.69, 9.17) is 4.74 Å². The Bertz CT molecular complexity index is 239. The highest BCUT2D eigenvalue weighted by Gasteiger charge is 2.17. The van der Waals surface area contributed by atoms with E-state index < -0.39 is 0 Å². The third-order valence-electron chi connectivity index (χ3n) is 3.72. The van der Waals surface area contributed by atoms with Crippen LogP contribution in [0.2, 0.25) is 0 Å². The second-order valence-electron chi connectivity index (χ2n) is 5.19. The van der Waals surface area contributed by atoms with Crippen LogP contribution in [0.5, 0.6) is 0 Å². The van der Waals surface area contributed by atoms with Crippen molar-refractivity contribution in [2.45, 2.75) is 44.6 Å². The van der Waals surface area contributed by atoms with Crippen molar-refractivity contribution >= 4 is 18.3 Å². The van der Waals surface area contributed by atoms with E-state index in [-0.39, 0.29) is 18.3 Å². The lowest BCUT2D eigenvalue weighted by Gasteiger charge is -2.22. The van der Waals surface area contributed by atoms with Crippen LogP contribution in [-0.4, -0.2) is 38.3 Å². The van der Waals surface area contributed by atoms with Crippen molar-refractivity contribution in [3.63, 3.8) is 0 Å². The van der Waals surface area contributed by atoms with Gasteiger partial charge in [0.05, 0.1) is 6.10 Å². The Balaban J connectivity index is 0.00000162. The molecule has 1 amide bonds. The number of halogens is 1. The molecule has 0 aromatic carbocycles. The fraction of sp³-hybridized carbons (Fsp3) is 0.923. The van der Waals surface area contributed by atoms with E-state index in [0.29, 0.717) is 18.4 Å². The Hall–Kier alpha value is -0.320. The highest BCUT2D eigenvalue weighted by Crippen LogP contribution is 2.16. The minimum absolute atomic E-state index is 0. The number of carbonyl (C=O) groups is 1. The molecule has 106 valence electrons. The predicted molar refractivity (Wildman–Crippen MR) is 74.1 cm³/mol. The van der Waals surface area contributed by atoms with Crippen LogP contribution in [0.4, 0.5) is 0 Å². The number of rotatable bonds is 5. The van der Waals surface area contributed by atoms with Crippen LogP contribution in [0.25, 0.3) is 0 Å². The average Bonchev–Trinajstić information content (AvgIpc) is 2.88. The highest BCUT2D eigenvalue weighted by molar-refractivity contribution is 5.85. The van der Waals surface area contributed by atoms with Crippen LogP contribution in [0.3, 0.4) is 0 Å². The second kappa shape index (κ2) is 8.73. The van der Waals surface area contributed by atoms with Gasteiger partial charge >= 0.3 is 0 Å². The molecule has 4 nitrogen and oxygen atoms in total. The summed E-state index contributed by atoms with van der Waals surface area (Å²) in [4.78, 5) is 11.7.